The van der Waals surface area contributed by atoms with Gasteiger partial charge >= 0.3 is 12.0 Å². The molecule has 2 amide bonds. The van der Waals surface area contributed by atoms with Gasteiger partial charge in [0, 0.05) is 11.4 Å². The van der Waals surface area contributed by atoms with Crippen LogP contribution in [0.1, 0.15) is 33.6 Å². The van der Waals surface area contributed by atoms with Crippen LogP contribution in [0.5, 0.6) is 0 Å². The van der Waals surface area contributed by atoms with Crippen molar-refractivity contribution in [2.75, 3.05) is 17.7 Å². The van der Waals surface area contributed by atoms with Crippen LogP contribution in [-0.4, -0.2) is 40.7 Å². The summed E-state index contributed by atoms with van der Waals surface area (Å²) in [6, 6.07) is 8.55. The van der Waals surface area contributed by atoms with E-state index < -0.39 is 6.04 Å². The molecule has 0 aromatic heterocycles. The van der Waals surface area contributed by atoms with Crippen molar-refractivity contribution in [3.63, 3.8) is 0 Å². The van der Waals surface area contributed by atoms with E-state index in [0.29, 0.717) is 18.3 Å². The topological polar surface area (TPSA) is 58.6 Å². The normalized spacial score (nSPS) is 20.2. The standard InChI is InChI=1S/C18H26N2O3S/c1-4-10-23-17(21)15-12-24-16(11-13(2)3)20(15)18(22)19-14-8-6-5-7-9-14/h5-9,13,15-16H,4,10-12H2,1-3H3,(H,19,22). The zero-order valence-corrected chi connectivity index (χ0v) is 15.3. The highest BCUT2D eigenvalue weighted by molar-refractivity contribution is 8.00. The number of benzene rings is 1. The number of para-hydroxylation sites is 1. The van der Waals surface area contributed by atoms with Crippen molar-refractivity contribution < 1.29 is 14.3 Å². The number of rotatable bonds is 6. The van der Waals surface area contributed by atoms with Gasteiger partial charge in [0.25, 0.3) is 0 Å². The number of nitrogens with one attached hydrogen (secondary N) is 1. The van der Waals surface area contributed by atoms with Gasteiger partial charge in [-0.3, -0.25) is 4.90 Å². The highest BCUT2D eigenvalue weighted by Crippen LogP contribution is 2.34. The third-order valence-corrected chi connectivity index (χ3v) is 5.06. The van der Waals surface area contributed by atoms with Crippen LogP contribution in [0.25, 0.3) is 0 Å². The number of ether oxygens (including phenoxy) is 1. The molecule has 2 rings (SSSR count). The van der Waals surface area contributed by atoms with Gasteiger partial charge in [-0.2, -0.15) is 0 Å². The van der Waals surface area contributed by atoms with Crippen molar-refractivity contribution in [2.24, 2.45) is 5.92 Å². The lowest BCUT2D eigenvalue weighted by Crippen LogP contribution is -2.48. The van der Waals surface area contributed by atoms with Crippen molar-refractivity contribution in [3.8, 4) is 0 Å². The molecule has 1 aromatic carbocycles. The molecule has 0 spiro atoms. The summed E-state index contributed by atoms with van der Waals surface area (Å²) < 4.78 is 5.29. The first-order chi connectivity index (χ1) is 11.5. The maximum Gasteiger partial charge on any atom is 0.329 e. The van der Waals surface area contributed by atoms with E-state index in [-0.39, 0.29) is 17.4 Å². The Morgan fingerprint density at radius 1 is 1.33 bits per heavy atom. The molecule has 1 heterocycles. The highest BCUT2D eigenvalue weighted by Gasteiger charge is 2.42. The Labute approximate surface area is 148 Å². The van der Waals surface area contributed by atoms with Crippen LogP contribution in [0.2, 0.25) is 0 Å². The SMILES string of the molecule is CCCOC(=O)C1CSC(CC(C)C)N1C(=O)Nc1ccccc1. The average Bonchev–Trinajstić information content (AvgIpc) is 2.96. The van der Waals surface area contributed by atoms with E-state index in [1.54, 1.807) is 16.7 Å². The summed E-state index contributed by atoms with van der Waals surface area (Å²) in [5.74, 6) is 0.723. The lowest BCUT2D eigenvalue weighted by Gasteiger charge is -2.29. The molecule has 2 unspecified atom stereocenters. The summed E-state index contributed by atoms with van der Waals surface area (Å²) in [5, 5.41) is 2.89. The summed E-state index contributed by atoms with van der Waals surface area (Å²) in [4.78, 5) is 26.8. The Morgan fingerprint density at radius 3 is 2.67 bits per heavy atom. The number of thioether (sulfide) groups is 1. The molecule has 5 nitrogen and oxygen atoms in total. The molecule has 0 saturated carbocycles. The second kappa shape index (κ2) is 8.97. The van der Waals surface area contributed by atoms with Crippen molar-refractivity contribution in [1.29, 1.82) is 0 Å². The number of hydrogen-bond acceptors (Lipinski definition) is 4. The molecule has 0 bridgehead atoms. The summed E-state index contributed by atoms with van der Waals surface area (Å²) in [5.41, 5.74) is 0.725. The number of carbonyl (C=O) groups is 2. The molecule has 1 fully saturated rings. The van der Waals surface area contributed by atoms with E-state index in [4.69, 9.17) is 4.74 Å². The number of nitrogens with zero attached hydrogens (tertiary/aromatic N) is 1. The summed E-state index contributed by atoms with van der Waals surface area (Å²) >= 11 is 1.65. The molecular formula is C18H26N2O3S. The van der Waals surface area contributed by atoms with Crippen molar-refractivity contribution >= 4 is 29.4 Å². The Bertz CT molecular complexity index is 550. The van der Waals surface area contributed by atoms with Crippen molar-refractivity contribution in [3.05, 3.63) is 30.3 Å². The average molecular weight is 350 g/mol. The number of hydrogen-bond donors (Lipinski definition) is 1. The van der Waals surface area contributed by atoms with Crippen molar-refractivity contribution in [1.82, 2.24) is 4.90 Å². The third kappa shape index (κ3) is 4.90. The Hall–Kier alpha value is -1.69. The number of urea groups is 1. The van der Waals surface area contributed by atoms with Crippen molar-refractivity contribution in [2.45, 2.75) is 45.0 Å². The van der Waals surface area contributed by atoms with E-state index >= 15 is 0 Å². The van der Waals surface area contributed by atoms with Gasteiger partial charge in [-0.05, 0) is 30.9 Å². The fourth-order valence-corrected chi connectivity index (χ4v) is 4.24. The molecule has 1 aliphatic heterocycles. The molecular weight excluding hydrogens is 324 g/mol. The molecule has 132 valence electrons. The summed E-state index contributed by atoms with van der Waals surface area (Å²) in [6.45, 7) is 6.59. The van der Waals surface area contributed by atoms with Crippen LogP contribution in [0.4, 0.5) is 10.5 Å². The van der Waals surface area contributed by atoms with E-state index in [2.05, 4.69) is 19.2 Å². The number of anilines is 1. The fraction of sp³-hybridized carbons (Fsp3) is 0.556. The van der Waals surface area contributed by atoms with Gasteiger partial charge in [0.15, 0.2) is 0 Å². The van der Waals surface area contributed by atoms with Crippen LogP contribution >= 0.6 is 11.8 Å². The molecule has 2 atom stereocenters. The lowest BCUT2D eigenvalue weighted by atomic mass is 10.1. The van der Waals surface area contributed by atoms with Gasteiger partial charge in [0.2, 0.25) is 0 Å². The van der Waals surface area contributed by atoms with Gasteiger partial charge in [-0.15, -0.1) is 11.8 Å². The quantitative estimate of drug-likeness (QED) is 0.789. The Morgan fingerprint density at radius 2 is 2.04 bits per heavy atom. The summed E-state index contributed by atoms with van der Waals surface area (Å²) in [6.07, 6.45) is 1.63. The molecule has 24 heavy (non-hydrogen) atoms. The zero-order chi connectivity index (χ0) is 17.5. The van der Waals surface area contributed by atoms with Crippen LogP contribution in [0, 0.1) is 5.92 Å². The van der Waals surface area contributed by atoms with Gasteiger partial charge in [-0.25, -0.2) is 9.59 Å². The molecule has 0 aliphatic carbocycles. The van der Waals surface area contributed by atoms with Gasteiger partial charge < -0.3 is 10.1 Å². The predicted octanol–water partition coefficient (Wildman–Crippen LogP) is 3.96. The zero-order valence-electron chi connectivity index (χ0n) is 14.5. The molecule has 1 N–H and O–H groups in total. The van der Waals surface area contributed by atoms with E-state index in [0.717, 1.165) is 18.5 Å². The van der Waals surface area contributed by atoms with E-state index in [1.165, 1.54) is 0 Å². The minimum absolute atomic E-state index is 0.00658. The first kappa shape index (κ1) is 18.6. The van der Waals surface area contributed by atoms with Gasteiger partial charge in [-0.1, -0.05) is 39.0 Å². The van der Waals surface area contributed by atoms with Crippen LogP contribution in [-0.2, 0) is 9.53 Å². The van der Waals surface area contributed by atoms with Crippen LogP contribution < -0.4 is 5.32 Å². The minimum Gasteiger partial charge on any atom is -0.464 e. The molecule has 6 heteroatoms. The largest absolute Gasteiger partial charge is 0.464 e. The number of carbonyl (C=O) groups excluding carboxylic acids is 2. The third-order valence-electron chi connectivity index (χ3n) is 3.75. The number of esters is 1. The van der Waals surface area contributed by atoms with Gasteiger partial charge in [0.05, 0.1) is 12.0 Å². The Balaban J connectivity index is 2.12. The Kier molecular flexibility index (Phi) is 6.97. The van der Waals surface area contributed by atoms with E-state index in [9.17, 15) is 9.59 Å². The summed E-state index contributed by atoms with van der Waals surface area (Å²) in [7, 11) is 0. The lowest BCUT2D eigenvalue weighted by molar-refractivity contribution is -0.147. The first-order valence-corrected chi connectivity index (χ1v) is 9.50. The highest BCUT2D eigenvalue weighted by atomic mass is 32.2. The second-order valence-electron chi connectivity index (χ2n) is 6.30. The van der Waals surface area contributed by atoms with E-state index in [1.807, 2.05) is 37.3 Å². The molecule has 0 radical (unpaired) electrons. The molecule has 1 aliphatic rings. The van der Waals surface area contributed by atoms with Crippen LogP contribution in [0.15, 0.2) is 30.3 Å². The minimum atomic E-state index is -0.519. The maximum absolute atomic E-state index is 12.8. The fourth-order valence-electron chi connectivity index (χ4n) is 2.61. The maximum atomic E-state index is 12.8. The monoisotopic (exact) mass is 350 g/mol. The second-order valence-corrected chi connectivity index (χ2v) is 7.52. The first-order valence-electron chi connectivity index (χ1n) is 8.45. The number of amides is 2. The molecule has 1 saturated heterocycles. The molecule has 1 aromatic rings. The predicted molar refractivity (Wildman–Crippen MR) is 98.0 cm³/mol. The van der Waals surface area contributed by atoms with Gasteiger partial charge in [0.1, 0.15) is 6.04 Å². The van der Waals surface area contributed by atoms with Crippen LogP contribution in [0.3, 0.4) is 0 Å². The smallest absolute Gasteiger partial charge is 0.329 e.